The Bertz CT molecular complexity index is 595. The van der Waals surface area contributed by atoms with Crippen LogP contribution in [-0.4, -0.2) is 42.1 Å². The van der Waals surface area contributed by atoms with Crippen LogP contribution in [0.15, 0.2) is 36.5 Å². The summed E-state index contributed by atoms with van der Waals surface area (Å²) < 4.78 is 0. The van der Waals surface area contributed by atoms with E-state index in [0.29, 0.717) is 11.9 Å². The zero-order valence-electron chi connectivity index (χ0n) is 13.8. The minimum absolute atomic E-state index is 0.461. The molecule has 0 saturated heterocycles. The molecule has 1 aromatic carbocycles. The van der Waals surface area contributed by atoms with Crippen LogP contribution < -0.4 is 10.6 Å². The molecule has 0 unspecified atom stereocenters. The number of anilines is 3. The highest BCUT2D eigenvalue weighted by Gasteiger charge is 2.07. The minimum atomic E-state index is 0.461. The standard InChI is InChI=1S/C17H25N5/c1-13(2)14-7-5-6-8-15(14)20-16-9-10-18-17(21-16)19-11-12-22(3)4/h5-10,13H,11-12H2,1-4H3,(H2,18,19,20,21). The summed E-state index contributed by atoms with van der Waals surface area (Å²) in [6.07, 6.45) is 1.77. The molecule has 2 N–H and O–H groups in total. The van der Waals surface area contributed by atoms with Gasteiger partial charge in [0.2, 0.25) is 5.95 Å². The molecule has 2 aromatic rings. The third-order valence-electron chi connectivity index (χ3n) is 3.34. The number of likely N-dealkylation sites (N-methyl/N-ethyl adjacent to an activating group) is 1. The summed E-state index contributed by atoms with van der Waals surface area (Å²) in [5, 5.41) is 6.63. The van der Waals surface area contributed by atoms with Crippen LogP contribution in [0.25, 0.3) is 0 Å². The Kier molecular flexibility index (Phi) is 5.72. The molecule has 1 aromatic heterocycles. The summed E-state index contributed by atoms with van der Waals surface area (Å²) in [7, 11) is 4.09. The van der Waals surface area contributed by atoms with E-state index >= 15 is 0 Å². The van der Waals surface area contributed by atoms with Gasteiger partial charge in [-0.3, -0.25) is 0 Å². The summed E-state index contributed by atoms with van der Waals surface area (Å²) in [6, 6.07) is 10.2. The molecule has 118 valence electrons. The Morgan fingerprint density at radius 3 is 2.64 bits per heavy atom. The van der Waals surface area contributed by atoms with Crippen LogP contribution in [0.1, 0.15) is 25.3 Å². The lowest BCUT2D eigenvalue weighted by Crippen LogP contribution is -2.21. The highest BCUT2D eigenvalue weighted by atomic mass is 15.2. The lowest BCUT2D eigenvalue weighted by molar-refractivity contribution is 0.425. The van der Waals surface area contributed by atoms with Crippen LogP contribution in [0.3, 0.4) is 0 Å². The van der Waals surface area contributed by atoms with Crippen LogP contribution in [0.2, 0.25) is 0 Å². The van der Waals surface area contributed by atoms with Crippen molar-refractivity contribution in [3.8, 4) is 0 Å². The second-order valence-corrected chi connectivity index (χ2v) is 5.86. The molecule has 0 atom stereocenters. The molecule has 0 aliphatic carbocycles. The highest BCUT2D eigenvalue weighted by molar-refractivity contribution is 5.61. The van der Waals surface area contributed by atoms with Crippen LogP contribution in [-0.2, 0) is 0 Å². The van der Waals surface area contributed by atoms with E-state index in [0.717, 1.165) is 24.6 Å². The maximum Gasteiger partial charge on any atom is 0.224 e. The van der Waals surface area contributed by atoms with Crippen LogP contribution in [0.5, 0.6) is 0 Å². The fourth-order valence-electron chi connectivity index (χ4n) is 2.16. The first-order chi connectivity index (χ1) is 10.6. The first-order valence-electron chi connectivity index (χ1n) is 7.64. The number of para-hydroxylation sites is 1. The lowest BCUT2D eigenvalue weighted by atomic mass is 10.0. The SMILES string of the molecule is CC(C)c1ccccc1Nc1ccnc(NCCN(C)C)n1. The fourth-order valence-corrected chi connectivity index (χ4v) is 2.16. The van der Waals surface area contributed by atoms with E-state index in [-0.39, 0.29) is 0 Å². The van der Waals surface area contributed by atoms with Crippen molar-refractivity contribution in [1.29, 1.82) is 0 Å². The predicted octanol–water partition coefficient (Wildman–Crippen LogP) is 3.32. The first kappa shape index (κ1) is 16.2. The molecule has 0 saturated carbocycles. The number of benzene rings is 1. The van der Waals surface area contributed by atoms with Gasteiger partial charge in [0.15, 0.2) is 0 Å². The third kappa shape index (κ3) is 4.70. The number of hydrogen-bond donors (Lipinski definition) is 2. The molecule has 2 rings (SSSR count). The van der Waals surface area contributed by atoms with Crippen LogP contribution in [0.4, 0.5) is 17.5 Å². The van der Waals surface area contributed by atoms with Gasteiger partial charge in [0.1, 0.15) is 5.82 Å². The highest BCUT2D eigenvalue weighted by Crippen LogP contribution is 2.26. The molecule has 5 nitrogen and oxygen atoms in total. The summed E-state index contributed by atoms with van der Waals surface area (Å²) in [4.78, 5) is 10.9. The molecular weight excluding hydrogens is 274 g/mol. The maximum absolute atomic E-state index is 4.51. The Morgan fingerprint density at radius 1 is 1.14 bits per heavy atom. The zero-order valence-corrected chi connectivity index (χ0v) is 13.8. The van der Waals surface area contributed by atoms with E-state index in [2.05, 4.69) is 57.5 Å². The Labute approximate surface area is 132 Å². The summed E-state index contributed by atoms with van der Waals surface area (Å²) in [6.45, 7) is 6.14. The van der Waals surface area contributed by atoms with E-state index in [4.69, 9.17) is 0 Å². The van der Waals surface area contributed by atoms with E-state index in [9.17, 15) is 0 Å². The van der Waals surface area contributed by atoms with Crippen molar-refractivity contribution in [2.45, 2.75) is 19.8 Å². The van der Waals surface area contributed by atoms with Gasteiger partial charge in [0, 0.05) is 25.0 Å². The van der Waals surface area contributed by atoms with Gasteiger partial charge in [-0.1, -0.05) is 32.0 Å². The average molecular weight is 299 g/mol. The Hall–Kier alpha value is -2.14. The number of hydrogen-bond acceptors (Lipinski definition) is 5. The van der Waals surface area contributed by atoms with Gasteiger partial charge in [-0.05, 0) is 37.7 Å². The van der Waals surface area contributed by atoms with Gasteiger partial charge in [-0.15, -0.1) is 0 Å². The monoisotopic (exact) mass is 299 g/mol. The molecule has 0 aliphatic heterocycles. The predicted molar refractivity (Wildman–Crippen MR) is 92.9 cm³/mol. The van der Waals surface area contributed by atoms with E-state index in [1.807, 2.05) is 26.2 Å². The van der Waals surface area contributed by atoms with Gasteiger partial charge in [-0.2, -0.15) is 4.98 Å². The number of nitrogens with one attached hydrogen (secondary N) is 2. The van der Waals surface area contributed by atoms with Crippen molar-refractivity contribution in [3.63, 3.8) is 0 Å². The van der Waals surface area contributed by atoms with Crippen LogP contribution in [0, 0.1) is 0 Å². The Balaban J connectivity index is 2.07. The van der Waals surface area contributed by atoms with Crippen LogP contribution >= 0.6 is 0 Å². The lowest BCUT2D eigenvalue weighted by Gasteiger charge is -2.15. The van der Waals surface area contributed by atoms with Gasteiger partial charge >= 0.3 is 0 Å². The van der Waals surface area contributed by atoms with E-state index in [1.165, 1.54) is 5.56 Å². The molecular formula is C17H25N5. The molecule has 22 heavy (non-hydrogen) atoms. The normalized spacial score (nSPS) is 11.0. The van der Waals surface area contributed by atoms with Gasteiger partial charge in [-0.25, -0.2) is 4.98 Å². The fraction of sp³-hybridized carbons (Fsp3) is 0.412. The molecule has 0 aliphatic rings. The second kappa shape index (κ2) is 7.75. The number of nitrogens with zero attached hydrogens (tertiary/aromatic N) is 3. The first-order valence-corrected chi connectivity index (χ1v) is 7.64. The quantitative estimate of drug-likeness (QED) is 0.821. The van der Waals surface area contributed by atoms with Gasteiger partial charge in [0.05, 0.1) is 0 Å². The minimum Gasteiger partial charge on any atom is -0.353 e. The molecule has 0 radical (unpaired) electrons. The van der Waals surface area contributed by atoms with E-state index < -0.39 is 0 Å². The summed E-state index contributed by atoms with van der Waals surface area (Å²) >= 11 is 0. The van der Waals surface area contributed by atoms with E-state index in [1.54, 1.807) is 6.20 Å². The van der Waals surface area contributed by atoms with Gasteiger partial charge < -0.3 is 15.5 Å². The largest absolute Gasteiger partial charge is 0.353 e. The molecule has 5 heteroatoms. The summed E-state index contributed by atoms with van der Waals surface area (Å²) in [5.74, 6) is 1.91. The van der Waals surface area contributed by atoms with Crippen molar-refractivity contribution < 1.29 is 0 Å². The third-order valence-corrected chi connectivity index (χ3v) is 3.34. The smallest absolute Gasteiger partial charge is 0.224 e. The molecule has 0 fully saturated rings. The topological polar surface area (TPSA) is 53.1 Å². The number of rotatable bonds is 7. The molecule has 1 heterocycles. The van der Waals surface area contributed by atoms with Gasteiger partial charge in [0.25, 0.3) is 0 Å². The second-order valence-electron chi connectivity index (χ2n) is 5.86. The van der Waals surface area contributed by atoms with Crippen molar-refractivity contribution in [3.05, 3.63) is 42.1 Å². The van der Waals surface area contributed by atoms with Crippen molar-refractivity contribution in [1.82, 2.24) is 14.9 Å². The van der Waals surface area contributed by atoms with Crippen molar-refractivity contribution in [2.24, 2.45) is 0 Å². The van der Waals surface area contributed by atoms with Crippen molar-refractivity contribution in [2.75, 3.05) is 37.8 Å². The molecule has 0 amide bonds. The number of aromatic nitrogens is 2. The summed E-state index contributed by atoms with van der Waals surface area (Å²) in [5.41, 5.74) is 2.37. The van der Waals surface area contributed by atoms with Crippen molar-refractivity contribution >= 4 is 17.5 Å². The zero-order chi connectivity index (χ0) is 15.9. The molecule has 0 spiro atoms. The maximum atomic E-state index is 4.51. The molecule has 0 bridgehead atoms. The Morgan fingerprint density at radius 2 is 1.91 bits per heavy atom. The average Bonchev–Trinajstić information content (AvgIpc) is 2.47.